The highest BCUT2D eigenvalue weighted by Gasteiger charge is 2.39. The summed E-state index contributed by atoms with van der Waals surface area (Å²) in [5.74, 6) is -0.922. The Kier molecular flexibility index (Phi) is 9.23. The fourth-order valence-electron chi connectivity index (χ4n) is 4.27. The van der Waals surface area contributed by atoms with Gasteiger partial charge in [-0.1, -0.05) is 44.2 Å². The van der Waals surface area contributed by atoms with Crippen molar-refractivity contribution in [3.8, 4) is 0 Å². The topological polar surface area (TPSA) is 101 Å². The number of ether oxygens (including phenoxy) is 1. The molecule has 2 amide bonds. The first-order valence-electron chi connectivity index (χ1n) is 12.1. The highest BCUT2D eigenvalue weighted by molar-refractivity contribution is 5.98. The molecule has 2 aromatic rings. The van der Waals surface area contributed by atoms with Gasteiger partial charge in [0.1, 0.15) is 25.0 Å². The fourth-order valence-corrected chi connectivity index (χ4v) is 4.27. The average molecular weight is 484 g/mol. The van der Waals surface area contributed by atoms with E-state index in [2.05, 4.69) is 36.6 Å². The molecule has 1 aliphatic rings. The van der Waals surface area contributed by atoms with E-state index in [1.165, 1.54) is 18.1 Å². The monoisotopic (exact) mass is 483 g/mol. The number of Topliss-reactive ketones (excluding diaryl/α,β-unsaturated/α-hetero) is 1. The van der Waals surface area contributed by atoms with Crippen molar-refractivity contribution >= 4 is 17.6 Å². The second-order valence-corrected chi connectivity index (χ2v) is 10.3. The van der Waals surface area contributed by atoms with Crippen molar-refractivity contribution in [1.82, 2.24) is 15.5 Å². The second kappa shape index (κ2) is 12.1. The normalized spacial score (nSPS) is 19.1. The number of carbonyl (C=O) groups excluding carboxylic acids is 3. The molecule has 1 aromatic carbocycles. The van der Waals surface area contributed by atoms with Gasteiger partial charge in [-0.3, -0.25) is 14.4 Å². The molecule has 8 heteroatoms. The molecule has 1 fully saturated rings. The molecule has 35 heavy (non-hydrogen) atoms. The van der Waals surface area contributed by atoms with E-state index in [4.69, 9.17) is 9.15 Å². The summed E-state index contributed by atoms with van der Waals surface area (Å²) < 4.78 is 10.7. The number of amides is 2. The lowest BCUT2D eigenvalue weighted by Gasteiger charge is -2.31. The number of hydrogen-bond acceptors (Lipinski definition) is 6. The zero-order valence-corrected chi connectivity index (χ0v) is 21.1. The van der Waals surface area contributed by atoms with Crippen molar-refractivity contribution in [2.45, 2.75) is 57.7 Å². The summed E-state index contributed by atoms with van der Waals surface area (Å²) in [6.07, 6.45) is 5.11. The third kappa shape index (κ3) is 8.04. The lowest BCUT2D eigenvalue weighted by Crippen LogP contribution is -2.54. The predicted octanol–water partition coefficient (Wildman–Crippen LogP) is 2.83. The standard InChI is InChI=1S/C27H37N3O5/c1-27(2,13-10-19-8-6-5-7-9-19)16-21(28-25(32)20-12-15-34-17-20)26(33)29-24-22(31)18-35-23(24)11-14-30(3)4/h5-9,12,15,17,21,23-24H,10-11,13-14,16,18H2,1-4H3,(H,28,32)(H,29,33)/t21-,23?,24?/m0/s1. The minimum Gasteiger partial charge on any atom is -0.472 e. The second-order valence-electron chi connectivity index (χ2n) is 10.3. The lowest BCUT2D eigenvalue weighted by atomic mass is 9.80. The molecule has 3 rings (SSSR count). The zero-order chi connectivity index (χ0) is 25.4. The summed E-state index contributed by atoms with van der Waals surface area (Å²) in [5.41, 5.74) is 1.32. The Morgan fingerprint density at radius 2 is 1.91 bits per heavy atom. The summed E-state index contributed by atoms with van der Waals surface area (Å²) in [6.45, 7) is 4.89. The van der Waals surface area contributed by atoms with Gasteiger partial charge in [-0.2, -0.15) is 0 Å². The number of rotatable bonds is 12. The summed E-state index contributed by atoms with van der Waals surface area (Å²) in [6, 6.07) is 10.2. The maximum atomic E-state index is 13.4. The van der Waals surface area contributed by atoms with Crippen LogP contribution in [-0.4, -0.2) is 67.9 Å². The van der Waals surface area contributed by atoms with Gasteiger partial charge in [0.2, 0.25) is 5.91 Å². The molecule has 0 aliphatic carbocycles. The lowest BCUT2D eigenvalue weighted by molar-refractivity contribution is -0.128. The van der Waals surface area contributed by atoms with Crippen LogP contribution in [0.25, 0.3) is 0 Å². The van der Waals surface area contributed by atoms with Crippen molar-refractivity contribution in [3.05, 3.63) is 60.1 Å². The quantitative estimate of drug-likeness (QED) is 0.482. The first-order chi connectivity index (χ1) is 16.6. The summed E-state index contributed by atoms with van der Waals surface area (Å²) in [7, 11) is 3.90. The molecule has 2 unspecified atom stereocenters. The van der Waals surface area contributed by atoms with Crippen LogP contribution in [0.1, 0.15) is 49.0 Å². The van der Waals surface area contributed by atoms with E-state index in [0.717, 1.165) is 19.4 Å². The maximum Gasteiger partial charge on any atom is 0.255 e. The van der Waals surface area contributed by atoms with Gasteiger partial charge in [0, 0.05) is 6.54 Å². The number of nitrogens with zero attached hydrogens (tertiary/aromatic N) is 1. The maximum absolute atomic E-state index is 13.4. The van der Waals surface area contributed by atoms with Crippen LogP contribution in [0.3, 0.4) is 0 Å². The van der Waals surface area contributed by atoms with Gasteiger partial charge in [-0.05, 0) is 56.8 Å². The summed E-state index contributed by atoms with van der Waals surface area (Å²) in [4.78, 5) is 40.7. The molecule has 8 nitrogen and oxygen atoms in total. The molecule has 2 heterocycles. The number of aryl methyl sites for hydroxylation is 1. The highest BCUT2D eigenvalue weighted by atomic mass is 16.5. The van der Waals surface area contributed by atoms with Gasteiger partial charge in [-0.25, -0.2) is 0 Å². The van der Waals surface area contributed by atoms with E-state index in [-0.39, 0.29) is 29.8 Å². The molecule has 0 radical (unpaired) electrons. The summed E-state index contributed by atoms with van der Waals surface area (Å²) in [5, 5.41) is 5.74. The van der Waals surface area contributed by atoms with E-state index in [0.29, 0.717) is 18.4 Å². The Morgan fingerprint density at radius 3 is 2.57 bits per heavy atom. The summed E-state index contributed by atoms with van der Waals surface area (Å²) >= 11 is 0. The smallest absolute Gasteiger partial charge is 0.255 e. The van der Waals surface area contributed by atoms with Crippen molar-refractivity contribution in [3.63, 3.8) is 0 Å². The third-order valence-corrected chi connectivity index (χ3v) is 6.41. The Bertz CT molecular complexity index is 972. The Morgan fingerprint density at radius 1 is 1.17 bits per heavy atom. The van der Waals surface area contributed by atoms with Gasteiger partial charge >= 0.3 is 0 Å². The van der Waals surface area contributed by atoms with Gasteiger partial charge in [0.05, 0.1) is 17.9 Å². The van der Waals surface area contributed by atoms with E-state index in [9.17, 15) is 14.4 Å². The molecule has 1 aliphatic heterocycles. The van der Waals surface area contributed by atoms with Crippen molar-refractivity contribution < 1.29 is 23.5 Å². The molecule has 3 atom stereocenters. The minimum absolute atomic E-state index is 0.0162. The van der Waals surface area contributed by atoms with E-state index in [1.54, 1.807) is 6.07 Å². The van der Waals surface area contributed by atoms with Crippen molar-refractivity contribution in [1.29, 1.82) is 0 Å². The third-order valence-electron chi connectivity index (χ3n) is 6.41. The molecule has 0 saturated carbocycles. The molecule has 0 bridgehead atoms. The number of carbonyl (C=O) groups is 3. The Labute approximate surface area is 207 Å². The van der Waals surface area contributed by atoms with E-state index < -0.39 is 18.0 Å². The highest BCUT2D eigenvalue weighted by Crippen LogP contribution is 2.29. The molecule has 190 valence electrons. The Balaban J connectivity index is 1.70. The number of hydrogen-bond donors (Lipinski definition) is 2. The molecule has 1 aromatic heterocycles. The first kappa shape index (κ1) is 26.6. The van der Waals surface area contributed by atoms with E-state index >= 15 is 0 Å². The predicted molar refractivity (Wildman–Crippen MR) is 133 cm³/mol. The van der Waals surface area contributed by atoms with Crippen LogP contribution in [0, 0.1) is 5.41 Å². The van der Waals surface area contributed by atoms with Crippen LogP contribution in [0.2, 0.25) is 0 Å². The molecule has 2 N–H and O–H groups in total. The SMILES string of the molecule is CN(C)CCC1OCC(=O)C1NC(=O)[C@H](CC(C)(C)CCc1ccccc1)NC(=O)c1ccoc1. The molecule has 1 saturated heterocycles. The van der Waals surface area contributed by atoms with Crippen LogP contribution >= 0.6 is 0 Å². The fraction of sp³-hybridized carbons (Fsp3) is 0.519. The van der Waals surface area contributed by atoms with Crippen LogP contribution in [-0.2, 0) is 20.7 Å². The van der Waals surface area contributed by atoms with Crippen LogP contribution in [0.4, 0.5) is 0 Å². The molecular formula is C27H37N3O5. The van der Waals surface area contributed by atoms with Gasteiger partial charge in [0.25, 0.3) is 5.91 Å². The van der Waals surface area contributed by atoms with Gasteiger partial charge in [0.15, 0.2) is 5.78 Å². The number of benzene rings is 1. The zero-order valence-electron chi connectivity index (χ0n) is 21.1. The Hall–Kier alpha value is -2.97. The minimum atomic E-state index is -0.814. The number of ketones is 1. The van der Waals surface area contributed by atoms with Crippen LogP contribution < -0.4 is 10.6 Å². The first-order valence-corrected chi connectivity index (χ1v) is 12.1. The van der Waals surface area contributed by atoms with Crippen LogP contribution in [0.5, 0.6) is 0 Å². The van der Waals surface area contributed by atoms with E-state index in [1.807, 2.05) is 37.2 Å². The largest absolute Gasteiger partial charge is 0.472 e. The van der Waals surface area contributed by atoms with Crippen molar-refractivity contribution in [2.75, 3.05) is 27.2 Å². The average Bonchev–Trinajstić information content (AvgIpc) is 3.47. The van der Waals surface area contributed by atoms with Crippen molar-refractivity contribution in [2.24, 2.45) is 5.41 Å². The molecule has 0 spiro atoms. The van der Waals surface area contributed by atoms with Gasteiger partial charge < -0.3 is 24.7 Å². The molecular weight excluding hydrogens is 446 g/mol. The van der Waals surface area contributed by atoms with Gasteiger partial charge in [-0.15, -0.1) is 0 Å². The number of furan rings is 1. The van der Waals surface area contributed by atoms with Crippen LogP contribution in [0.15, 0.2) is 53.3 Å². The number of nitrogens with one attached hydrogen (secondary N) is 2.